The van der Waals surface area contributed by atoms with E-state index >= 15 is 0 Å². The first-order valence-corrected chi connectivity index (χ1v) is 7.44. The summed E-state index contributed by atoms with van der Waals surface area (Å²) in [5, 5.41) is 3.38. The highest BCUT2D eigenvalue weighted by Crippen LogP contribution is 2.28. The van der Waals surface area contributed by atoms with Gasteiger partial charge >= 0.3 is 0 Å². The van der Waals surface area contributed by atoms with Gasteiger partial charge in [0.2, 0.25) is 5.95 Å². The zero-order valence-corrected chi connectivity index (χ0v) is 13.9. The molecule has 0 aliphatic heterocycles. The number of aromatic nitrogens is 2. The second-order valence-corrected chi connectivity index (χ2v) is 6.02. The molecule has 0 unspecified atom stereocenters. The summed E-state index contributed by atoms with van der Waals surface area (Å²) < 4.78 is 8.34. The summed E-state index contributed by atoms with van der Waals surface area (Å²) in [5.41, 5.74) is 2.01. The molecule has 2 aromatic rings. The zero-order valence-electron chi connectivity index (χ0n) is 12.3. The number of methoxy groups -OCH3 is 1. The molecule has 0 aliphatic carbocycles. The van der Waals surface area contributed by atoms with Crippen LogP contribution in [0.25, 0.3) is 5.69 Å². The standard InChI is InChI=1S/C15H20BrN3O/c1-10(2)8-17-15-18-11(3)9-19(15)12-5-6-13(16)14(7-12)20-4/h5-7,9-10H,8H2,1-4H3,(H,17,18). The third-order valence-electron chi connectivity index (χ3n) is 2.91. The predicted octanol–water partition coefficient (Wildman–Crippen LogP) is 4.02. The molecule has 0 spiro atoms. The highest BCUT2D eigenvalue weighted by Gasteiger charge is 2.10. The minimum absolute atomic E-state index is 0.569. The van der Waals surface area contributed by atoms with E-state index in [4.69, 9.17) is 4.74 Å². The SMILES string of the molecule is COc1cc(-n2cc(C)nc2NCC(C)C)ccc1Br. The van der Waals surface area contributed by atoms with Gasteiger partial charge < -0.3 is 10.1 Å². The highest BCUT2D eigenvalue weighted by atomic mass is 79.9. The predicted molar refractivity (Wildman–Crippen MR) is 85.9 cm³/mol. The van der Waals surface area contributed by atoms with Gasteiger partial charge in [-0.15, -0.1) is 0 Å². The third-order valence-corrected chi connectivity index (χ3v) is 3.56. The molecule has 1 aromatic carbocycles. The normalized spacial score (nSPS) is 10.9. The van der Waals surface area contributed by atoms with Gasteiger partial charge in [0.25, 0.3) is 0 Å². The maximum absolute atomic E-state index is 5.35. The van der Waals surface area contributed by atoms with E-state index in [0.29, 0.717) is 5.92 Å². The van der Waals surface area contributed by atoms with Gasteiger partial charge in [-0.25, -0.2) is 4.98 Å². The maximum Gasteiger partial charge on any atom is 0.207 e. The van der Waals surface area contributed by atoms with E-state index in [2.05, 4.69) is 40.1 Å². The Balaban J connectivity index is 2.36. The van der Waals surface area contributed by atoms with Gasteiger partial charge in [0, 0.05) is 18.8 Å². The third kappa shape index (κ3) is 3.33. The summed E-state index contributed by atoms with van der Waals surface area (Å²) in [5.74, 6) is 2.24. The van der Waals surface area contributed by atoms with Crippen LogP contribution in [0.1, 0.15) is 19.5 Å². The van der Waals surface area contributed by atoms with Gasteiger partial charge in [-0.05, 0) is 40.9 Å². The Labute approximate surface area is 128 Å². The van der Waals surface area contributed by atoms with Gasteiger partial charge in [0.1, 0.15) is 5.75 Å². The van der Waals surface area contributed by atoms with Crippen molar-refractivity contribution in [1.29, 1.82) is 0 Å². The summed E-state index contributed by atoms with van der Waals surface area (Å²) in [6.07, 6.45) is 2.02. The second kappa shape index (κ2) is 6.31. The highest BCUT2D eigenvalue weighted by molar-refractivity contribution is 9.10. The Kier molecular flexibility index (Phi) is 4.70. The van der Waals surface area contributed by atoms with Crippen LogP contribution in [-0.2, 0) is 0 Å². The topological polar surface area (TPSA) is 39.1 Å². The zero-order chi connectivity index (χ0) is 14.7. The Bertz CT molecular complexity index is 593. The van der Waals surface area contributed by atoms with E-state index in [1.807, 2.05) is 35.9 Å². The lowest BCUT2D eigenvalue weighted by molar-refractivity contribution is 0.412. The Hall–Kier alpha value is -1.49. The summed E-state index contributed by atoms with van der Waals surface area (Å²) in [6, 6.07) is 6.01. The summed E-state index contributed by atoms with van der Waals surface area (Å²) >= 11 is 3.47. The Morgan fingerprint density at radius 2 is 2.15 bits per heavy atom. The van der Waals surface area contributed by atoms with E-state index < -0.39 is 0 Å². The molecule has 4 nitrogen and oxygen atoms in total. The van der Waals surface area contributed by atoms with Crippen molar-refractivity contribution in [1.82, 2.24) is 9.55 Å². The molecule has 1 N–H and O–H groups in total. The van der Waals surface area contributed by atoms with Crippen LogP contribution in [0.3, 0.4) is 0 Å². The quantitative estimate of drug-likeness (QED) is 0.895. The van der Waals surface area contributed by atoms with Crippen LogP contribution >= 0.6 is 15.9 Å². The van der Waals surface area contributed by atoms with Gasteiger partial charge in [-0.1, -0.05) is 13.8 Å². The van der Waals surface area contributed by atoms with E-state index in [0.717, 1.165) is 34.1 Å². The molecular formula is C15H20BrN3O. The van der Waals surface area contributed by atoms with Crippen LogP contribution in [0.4, 0.5) is 5.95 Å². The Morgan fingerprint density at radius 3 is 2.80 bits per heavy atom. The molecule has 1 aromatic heterocycles. The second-order valence-electron chi connectivity index (χ2n) is 5.17. The molecule has 0 saturated heterocycles. The summed E-state index contributed by atoms with van der Waals surface area (Å²) in [7, 11) is 1.67. The van der Waals surface area contributed by atoms with Crippen molar-refractivity contribution < 1.29 is 4.74 Å². The van der Waals surface area contributed by atoms with Crippen LogP contribution in [0.2, 0.25) is 0 Å². The lowest BCUT2D eigenvalue weighted by atomic mass is 10.2. The van der Waals surface area contributed by atoms with Crippen LogP contribution in [0.5, 0.6) is 5.75 Å². The number of hydrogen-bond donors (Lipinski definition) is 1. The average Bonchev–Trinajstić information content (AvgIpc) is 2.78. The first-order valence-electron chi connectivity index (χ1n) is 6.65. The van der Waals surface area contributed by atoms with Crippen molar-refractivity contribution in [2.45, 2.75) is 20.8 Å². The fourth-order valence-corrected chi connectivity index (χ4v) is 2.32. The summed E-state index contributed by atoms with van der Waals surface area (Å²) in [4.78, 5) is 4.54. The van der Waals surface area contributed by atoms with E-state index in [-0.39, 0.29) is 0 Å². The fraction of sp³-hybridized carbons (Fsp3) is 0.400. The van der Waals surface area contributed by atoms with Crippen LogP contribution in [0, 0.1) is 12.8 Å². The number of nitrogens with zero attached hydrogens (tertiary/aromatic N) is 2. The van der Waals surface area contributed by atoms with Gasteiger partial charge in [0.05, 0.1) is 23.0 Å². The minimum Gasteiger partial charge on any atom is -0.495 e. The van der Waals surface area contributed by atoms with E-state index in [9.17, 15) is 0 Å². The number of ether oxygens (including phenoxy) is 1. The molecule has 0 radical (unpaired) electrons. The monoisotopic (exact) mass is 337 g/mol. The molecule has 0 fully saturated rings. The molecule has 2 rings (SSSR count). The number of benzene rings is 1. The number of imidazole rings is 1. The van der Waals surface area contributed by atoms with Crippen LogP contribution in [-0.4, -0.2) is 23.2 Å². The number of aryl methyl sites for hydroxylation is 1. The number of rotatable bonds is 5. The molecule has 0 saturated carbocycles. The van der Waals surface area contributed by atoms with Gasteiger partial charge in [-0.3, -0.25) is 4.57 Å². The molecular weight excluding hydrogens is 318 g/mol. The summed E-state index contributed by atoms with van der Waals surface area (Å²) in [6.45, 7) is 7.24. The lowest BCUT2D eigenvalue weighted by Gasteiger charge is -2.12. The molecule has 108 valence electrons. The number of halogens is 1. The van der Waals surface area contributed by atoms with Crippen molar-refractivity contribution in [3.8, 4) is 11.4 Å². The van der Waals surface area contributed by atoms with Gasteiger partial charge in [0.15, 0.2) is 0 Å². The van der Waals surface area contributed by atoms with Crippen molar-refractivity contribution in [2.75, 3.05) is 19.0 Å². The Morgan fingerprint density at radius 1 is 1.40 bits per heavy atom. The molecule has 1 heterocycles. The molecule has 5 heteroatoms. The average molecular weight is 338 g/mol. The molecule has 0 aliphatic rings. The first-order chi connectivity index (χ1) is 9.51. The van der Waals surface area contributed by atoms with Crippen LogP contribution < -0.4 is 10.1 Å². The maximum atomic E-state index is 5.35. The van der Waals surface area contributed by atoms with E-state index in [1.165, 1.54) is 0 Å². The molecule has 20 heavy (non-hydrogen) atoms. The first kappa shape index (κ1) is 14.9. The van der Waals surface area contributed by atoms with E-state index in [1.54, 1.807) is 7.11 Å². The van der Waals surface area contributed by atoms with Crippen LogP contribution in [0.15, 0.2) is 28.9 Å². The fourth-order valence-electron chi connectivity index (χ4n) is 1.91. The van der Waals surface area contributed by atoms with Gasteiger partial charge in [-0.2, -0.15) is 0 Å². The number of anilines is 1. The van der Waals surface area contributed by atoms with Crippen molar-refractivity contribution in [3.63, 3.8) is 0 Å². The molecule has 0 bridgehead atoms. The number of hydrogen-bond acceptors (Lipinski definition) is 3. The van der Waals surface area contributed by atoms with Crippen molar-refractivity contribution in [3.05, 3.63) is 34.6 Å². The van der Waals surface area contributed by atoms with Crippen molar-refractivity contribution >= 4 is 21.9 Å². The van der Waals surface area contributed by atoms with Crippen molar-refractivity contribution in [2.24, 2.45) is 5.92 Å². The largest absolute Gasteiger partial charge is 0.495 e. The molecule has 0 atom stereocenters. The number of nitrogens with one attached hydrogen (secondary N) is 1. The molecule has 0 amide bonds. The smallest absolute Gasteiger partial charge is 0.207 e. The lowest BCUT2D eigenvalue weighted by Crippen LogP contribution is -2.12. The minimum atomic E-state index is 0.569.